The first-order chi connectivity index (χ1) is 31.5. The lowest BCUT2D eigenvalue weighted by atomic mass is 9.87. The summed E-state index contributed by atoms with van der Waals surface area (Å²) in [7, 11) is -14.3. The molecule has 3 heterocycles. The van der Waals surface area contributed by atoms with Gasteiger partial charge in [0.15, 0.2) is 17.7 Å². The second kappa shape index (κ2) is 25.8. The van der Waals surface area contributed by atoms with Gasteiger partial charge in [-0.15, -0.1) is 0 Å². The Hall–Kier alpha value is -3.92. The van der Waals surface area contributed by atoms with Crippen LogP contribution in [-0.2, 0) is 65.1 Å². The van der Waals surface area contributed by atoms with Crippen LogP contribution in [0, 0.1) is 5.41 Å². The maximum absolute atomic E-state index is 12.7. The molecule has 2 aromatic rings. The van der Waals surface area contributed by atoms with Gasteiger partial charge in [0.1, 0.15) is 54.9 Å². The Labute approximate surface area is 392 Å². The number of imidazole rings is 1. The summed E-state index contributed by atoms with van der Waals surface area (Å²) in [6.45, 7) is -0.617. The van der Waals surface area contributed by atoms with Crippen molar-refractivity contribution >= 4 is 97.6 Å². The number of carboxylic acid groups (broad SMARTS) is 2. The van der Waals surface area contributed by atoms with Crippen LogP contribution < -0.4 is 32.7 Å². The molecular formula is C31H51N10O22P3S2. The van der Waals surface area contributed by atoms with E-state index in [0.29, 0.717) is 0 Å². The quantitative estimate of drug-likeness (QED) is 0.0207. The Kier molecular flexibility index (Phi) is 22.2. The molecule has 1 saturated heterocycles. The van der Waals surface area contributed by atoms with Crippen LogP contribution in [0.2, 0.25) is 0 Å². The van der Waals surface area contributed by atoms with Crippen molar-refractivity contribution in [3.05, 3.63) is 12.7 Å². The molecule has 0 bridgehead atoms. The van der Waals surface area contributed by atoms with E-state index in [9.17, 15) is 72.2 Å². The fourth-order valence-corrected chi connectivity index (χ4v) is 10.4. The molecule has 0 aliphatic carbocycles. The number of nitrogens with two attached hydrogens (primary N) is 2. The van der Waals surface area contributed by atoms with E-state index < -0.39 is 127 Å². The summed E-state index contributed by atoms with van der Waals surface area (Å²) in [5.74, 6) is -5.55. The molecule has 16 N–H and O–H groups in total. The first-order valence-corrected chi connectivity index (χ1v) is 26.4. The van der Waals surface area contributed by atoms with Gasteiger partial charge in [-0.3, -0.25) is 46.9 Å². The number of nitrogen functional groups attached to an aromatic ring is 1. The van der Waals surface area contributed by atoms with Crippen LogP contribution >= 0.6 is 45.1 Å². The first-order valence-electron chi connectivity index (χ1n) is 19.4. The van der Waals surface area contributed by atoms with Gasteiger partial charge in [0.2, 0.25) is 23.6 Å². The fourth-order valence-electron chi connectivity index (χ4n) is 5.49. The van der Waals surface area contributed by atoms with E-state index in [1.165, 1.54) is 24.6 Å². The fraction of sp³-hybridized carbons (Fsp3) is 0.645. The topological polar surface area (TPSA) is 505 Å². The number of phosphoric acid groups is 3. The number of nitrogens with zero attached hydrogens (tertiary/aromatic N) is 4. The van der Waals surface area contributed by atoms with E-state index in [1.54, 1.807) is 0 Å². The monoisotopic (exact) mass is 1070 g/mol. The van der Waals surface area contributed by atoms with E-state index >= 15 is 0 Å². The third-order valence-corrected chi connectivity index (χ3v) is 14.5. The molecule has 1 fully saturated rings. The number of rotatable bonds is 30. The maximum atomic E-state index is 12.7. The van der Waals surface area contributed by atoms with Crippen LogP contribution in [0.3, 0.4) is 0 Å². The van der Waals surface area contributed by atoms with Crippen LogP contribution in [0.1, 0.15) is 39.3 Å². The molecule has 68 heavy (non-hydrogen) atoms. The van der Waals surface area contributed by atoms with Crippen molar-refractivity contribution in [1.29, 1.82) is 0 Å². The number of aromatic nitrogens is 4. The highest BCUT2D eigenvalue weighted by Crippen LogP contribution is 2.61. The summed E-state index contributed by atoms with van der Waals surface area (Å²) in [6, 6.07) is -2.49. The van der Waals surface area contributed by atoms with Gasteiger partial charge in [-0.05, 0) is 6.42 Å². The van der Waals surface area contributed by atoms with Crippen LogP contribution in [0.4, 0.5) is 5.82 Å². The minimum absolute atomic E-state index is 0.00488. The van der Waals surface area contributed by atoms with Gasteiger partial charge in [0.25, 0.3) is 0 Å². The zero-order chi connectivity index (χ0) is 51.2. The molecule has 0 saturated carbocycles. The zero-order valence-corrected chi connectivity index (χ0v) is 40.0. The maximum Gasteiger partial charge on any atom is 0.481 e. The highest BCUT2D eigenvalue weighted by Gasteiger charge is 2.50. The Morgan fingerprint density at radius 1 is 0.926 bits per heavy atom. The van der Waals surface area contributed by atoms with Crippen molar-refractivity contribution < 1.29 is 105 Å². The number of hydrogen-bond acceptors (Lipinski definition) is 23. The van der Waals surface area contributed by atoms with Crippen LogP contribution in [0.15, 0.2) is 12.7 Å². The summed E-state index contributed by atoms with van der Waals surface area (Å²) in [5, 5.41) is 48.7. The number of hydrogen-bond donors (Lipinski definition) is 14. The lowest BCUT2D eigenvalue weighted by Crippen LogP contribution is -2.49. The van der Waals surface area contributed by atoms with E-state index in [0.717, 1.165) is 28.0 Å². The number of amides is 4. The largest absolute Gasteiger partial charge is 0.481 e. The Morgan fingerprint density at radius 2 is 1.60 bits per heavy atom. The van der Waals surface area contributed by atoms with Gasteiger partial charge in [0.05, 0.1) is 19.5 Å². The van der Waals surface area contributed by atoms with Crippen LogP contribution in [0.5, 0.6) is 0 Å². The summed E-state index contributed by atoms with van der Waals surface area (Å²) in [6.07, 6.45) is -7.80. The molecule has 384 valence electrons. The molecule has 3 rings (SSSR count). The zero-order valence-electron chi connectivity index (χ0n) is 35.7. The van der Waals surface area contributed by atoms with E-state index in [4.69, 9.17) is 35.5 Å². The number of nitrogens with one attached hydrogen (secondary N) is 4. The summed E-state index contributed by atoms with van der Waals surface area (Å²) < 4.78 is 62.2. The molecule has 37 heteroatoms. The number of carboxylic acids is 2. The van der Waals surface area contributed by atoms with E-state index in [-0.39, 0.29) is 60.8 Å². The van der Waals surface area contributed by atoms with Crippen molar-refractivity contribution in [2.45, 2.75) is 75.8 Å². The number of aliphatic hydroxyl groups excluding tert-OH is 2. The second-order valence-electron chi connectivity index (χ2n) is 14.9. The number of ether oxygens (including phenoxy) is 1. The van der Waals surface area contributed by atoms with Gasteiger partial charge in [-0.1, -0.05) is 35.4 Å². The summed E-state index contributed by atoms with van der Waals surface area (Å²) >= 11 is 0. The van der Waals surface area contributed by atoms with Crippen molar-refractivity contribution in [3.63, 3.8) is 0 Å². The van der Waals surface area contributed by atoms with E-state index in [2.05, 4.69) is 45.1 Å². The molecule has 0 spiro atoms. The molecular weight excluding hydrogens is 1020 g/mol. The average Bonchev–Trinajstić information content (AvgIpc) is 3.80. The smallest absolute Gasteiger partial charge is 0.480 e. The van der Waals surface area contributed by atoms with Crippen molar-refractivity contribution in [1.82, 2.24) is 40.8 Å². The van der Waals surface area contributed by atoms with Gasteiger partial charge in [0, 0.05) is 42.9 Å². The molecule has 9 atom stereocenters. The number of phosphoric ester groups is 3. The van der Waals surface area contributed by atoms with Crippen molar-refractivity contribution in [2.24, 2.45) is 11.1 Å². The number of carbonyl (C=O) groups is 6. The number of aliphatic carboxylic acids is 2. The third kappa shape index (κ3) is 19.1. The number of aliphatic hydroxyl groups is 2. The predicted octanol–water partition coefficient (Wildman–Crippen LogP) is -3.34. The molecule has 0 aromatic carbocycles. The average molecular weight is 1070 g/mol. The standard InChI is InChI=1S/C31H51N10O22P3S2/c1-31(2,24(47)28(49)35-6-5-18(42)34-7-8-67-68-11-16(27(48)36-9-20(44)45)40-19(43)4-3-15(32)30(50)51)12-60-66(57,58)63-65(55,56)59-10-17-23(62-64(52,53)54)22(46)29(61-17)41-14-39-21-25(33)37-13-38-26(21)41/h13-17,22-24,29,46-47H,3-12,32H2,1-2H3,(H,34,42)(H,35,49)(H,36,48)(H,40,43)(H,44,45)(H,50,51)(H,55,56)(H,57,58)(H2,33,37,38)(H2,52,53,54)/t15?,16?,17-,22-,23-,24?,29?/m1/s1. The van der Waals surface area contributed by atoms with Gasteiger partial charge in [-0.25, -0.2) is 28.6 Å². The van der Waals surface area contributed by atoms with Crippen LogP contribution in [-0.4, -0.2) is 176 Å². The lowest BCUT2D eigenvalue weighted by Gasteiger charge is -2.30. The van der Waals surface area contributed by atoms with Crippen molar-refractivity contribution in [2.75, 3.05) is 50.1 Å². The lowest BCUT2D eigenvalue weighted by molar-refractivity contribution is -0.139. The molecule has 6 unspecified atom stereocenters. The van der Waals surface area contributed by atoms with Crippen molar-refractivity contribution in [3.8, 4) is 0 Å². The van der Waals surface area contributed by atoms with E-state index in [1.807, 2.05) is 0 Å². The Bertz CT molecular complexity index is 2260. The highest BCUT2D eigenvalue weighted by molar-refractivity contribution is 8.76. The summed E-state index contributed by atoms with van der Waals surface area (Å²) in [5.41, 5.74) is 9.53. The minimum atomic E-state index is -5.63. The normalized spacial score (nSPS) is 20.6. The molecule has 1 aliphatic rings. The van der Waals surface area contributed by atoms with Gasteiger partial charge in [-0.2, -0.15) is 4.31 Å². The highest BCUT2D eigenvalue weighted by atomic mass is 33.1. The Morgan fingerprint density at radius 3 is 2.25 bits per heavy atom. The first kappa shape index (κ1) is 58.4. The van der Waals surface area contributed by atoms with Gasteiger partial charge >= 0.3 is 35.4 Å². The summed E-state index contributed by atoms with van der Waals surface area (Å²) in [4.78, 5) is 122. The molecule has 4 amide bonds. The number of fused-ring (bicyclic) bond motifs is 1. The molecule has 0 radical (unpaired) electrons. The third-order valence-electron chi connectivity index (χ3n) is 8.97. The Balaban J connectivity index is 1.42. The number of carbonyl (C=O) groups excluding carboxylic acids is 4. The van der Waals surface area contributed by atoms with Crippen LogP contribution in [0.25, 0.3) is 11.2 Å². The molecule has 32 nitrogen and oxygen atoms in total. The SMILES string of the molecule is CC(C)(COP(=O)(O)OP(=O)(O)OC[C@H]1OC(n2cnc3c(N)ncnc32)[C@H](O)[C@@H]1OP(=O)(O)O)C(O)C(=O)NCCC(=O)NCCSSCC(NC(=O)CCC(N)C(=O)O)C(=O)NCC(=O)O. The number of anilines is 1. The second-order valence-corrected chi connectivity index (χ2v) is 21.8. The van der Waals surface area contributed by atoms with Gasteiger partial charge < -0.3 is 77.5 Å². The minimum Gasteiger partial charge on any atom is -0.480 e. The molecule has 1 aliphatic heterocycles. The predicted molar refractivity (Wildman–Crippen MR) is 232 cm³/mol. The molecule has 2 aromatic heterocycles.